The Balaban J connectivity index is 1.96. The molecule has 0 radical (unpaired) electrons. The second-order valence-corrected chi connectivity index (χ2v) is 7.06. The van der Waals surface area contributed by atoms with Crippen molar-refractivity contribution in [3.63, 3.8) is 0 Å². The van der Waals surface area contributed by atoms with Crippen LogP contribution in [0.15, 0.2) is 53.0 Å². The van der Waals surface area contributed by atoms with E-state index in [1.165, 1.54) is 0 Å². The number of carbonyl (C=O) groups is 1. The van der Waals surface area contributed by atoms with Gasteiger partial charge in [0.05, 0.1) is 5.69 Å². The number of nitrogens with two attached hydrogens (primary N) is 1. The highest BCUT2D eigenvalue weighted by Gasteiger charge is 2.21. The largest absolute Gasteiger partial charge is 0.508 e. The average molecular weight is 377 g/mol. The van der Waals surface area contributed by atoms with E-state index in [1.807, 2.05) is 41.3 Å². The topological polar surface area (TPSA) is 78.9 Å². The van der Waals surface area contributed by atoms with Crippen molar-refractivity contribution < 1.29 is 9.90 Å². The number of phenolic OH excluding ortho intramolecular Hbond substituents is 1. The molecule has 0 spiro atoms. The number of amides is 1. The summed E-state index contributed by atoms with van der Waals surface area (Å²) in [4.78, 5) is 19.5. The van der Waals surface area contributed by atoms with Gasteiger partial charge in [-0.15, -0.1) is 0 Å². The van der Waals surface area contributed by atoms with Gasteiger partial charge in [0.2, 0.25) is 5.91 Å². The van der Waals surface area contributed by atoms with Crippen LogP contribution in [0.1, 0.15) is 38.7 Å². The van der Waals surface area contributed by atoms with Gasteiger partial charge in [-0.2, -0.15) is 0 Å². The van der Waals surface area contributed by atoms with Gasteiger partial charge in [-0.3, -0.25) is 4.79 Å². The van der Waals surface area contributed by atoms with Crippen molar-refractivity contribution in [3.05, 3.63) is 53.6 Å². The van der Waals surface area contributed by atoms with Gasteiger partial charge in [-0.1, -0.05) is 38.1 Å². The molecule has 146 valence electrons. The number of hydrogen-bond acceptors (Lipinski definition) is 4. The Morgan fingerprint density at radius 1 is 1.07 bits per heavy atom. The van der Waals surface area contributed by atoms with Crippen LogP contribution in [0, 0.1) is 0 Å². The zero-order valence-corrected chi connectivity index (χ0v) is 16.5. The van der Waals surface area contributed by atoms with E-state index < -0.39 is 0 Å². The number of aromatic hydroxyl groups is 1. The molecule has 5 heteroatoms. The van der Waals surface area contributed by atoms with E-state index in [-0.39, 0.29) is 11.7 Å². The van der Waals surface area contributed by atoms with E-state index in [4.69, 9.17) is 5.73 Å². The van der Waals surface area contributed by atoms with Gasteiger partial charge in [-0.05, 0) is 48.2 Å². The third-order valence-electron chi connectivity index (χ3n) is 4.75. The molecule has 0 unspecified atom stereocenters. The monoisotopic (exact) mass is 377 g/mol. The molecule has 0 atom stereocenters. The summed E-state index contributed by atoms with van der Waals surface area (Å²) in [5, 5.41) is 9.49. The van der Waals surface area contributed by atoms with Crippen LogP contribution >= 0.6 is 0 Å². The molecule has 0 bridgehead atoms. The van der Waals surface area contributed by atoms with Crippen LogP contribution in [0.2, 0.25) is 0 Å². The van der Waals surface area contributed by atoms with Crippen LogP contribution in [0.25, 0.3) is 17.2 Å². The maximum Gasteiger partial charge on any atom is 0.250 e. The van der Waals surface area contributed by atoms with Gasteiger partial charge in [0, 0.05) is 30.6 Å². The van der Waals surface area contributed by atoms with Gasteiger partial charge < -0.3 is 15.7 Å². The lowest BCUT2D eigenvalue weighted by atomic mass is 10.0. The predicted molar refractivity (Wildman–Crippen MR) is 115 cm³/mol. The first-order chi connectivity index (χ1) is 13.5. The minimum atomic E-state index is 0.0392. The first-order valence-electron chi connectivity index (χ1n) is 9.78. The Kier molecular flexibility index (Phi) is 6.14. The van der Waals surface area contributed by atoms with Gasteiger partial charge >= 0.3 is 0 Å². The fourth-order valence-electron chi connectivity index (χ4n) is 3.42. The lowest BCUT2D eigenvalue weighted by Crippen LogP contribution is -2.34. The van der Waals surface area contributed by atoms with Crippen molar-refractivity contribution in [2.45, 2.75) is 33.1 Å². The normalized spacial score (nSPS) is 13.2. The molecule has 0 saturated heterocycles. The molecule has 0 saturated carbocycles. The Labute approximate surface area is 166 Å². The molecule has 28 heavy (non-hydrogen) atoms. The molecular weight excluding hydrogens is 350 g/mol. The minimum Gasteiger partial charge on any atom is -0.508 e. The lowest BCUT2D eigenvalue weighted by Gasteiger charge is -2.22. The van der Waals surface area contributed by atoms with E-state index in [9.17, 15) is 9.90 Å². The first kappa shape index (κ1) is 19.7. The fraction of sp³-hybridized carbons (Fsp3) is 0.304. The first-order valence-corrected chi connectivity index (χ1v) is 9.78. The molecule has 3 rings (SSSR count). The highest BCUT2D eigenvalue weighted by molar-refractivity contribution is 6.05. The number of amidine groups is 1. The number of aliphatic imine (C=N–C) groups is 1. The molecule has 2 aromatic rings. The van der Waals surface area contributed by atoms with Crippen LogP contribution in [-0.2, 0) is 4.79 Å². The van der Waals surface area contributed by atoms with Gasteiger partial charge in [0.25, 0.3) is 0 Å². The van der Waals surface area contributed by atoms with Crippen molar-refractivity contribution in [2.24, 2.45) is 10.7 Å². The molecule has 2 aromatic carbocycles. The van der Waals surface area contributed by atoms with Crippen LogP contribution in [0.5, 0.6) is 5.75 Å². The zero-order chi connectivity index (χ0) is 20.1. The molecule has 1 amide bonds. The smallest absolute Gasteiger partial charge is 0.250 e. The minimum absolute atomic E-state index is 0.0392. The zero-order valence-electron chi connectivity index (χ0n) is 16.5. The summed E-state index contributed by atoms with van der Waals surface area (Å²) in [6.07, 6.45) is 4.12. The molecule has 0 aromatic heterocycles. The summed E-state index contributed by atoms with van der Waals surface area (Å²) in [6, 6.07) is 13.0. The van der Waals surface area contributed by atoms with Gasteiger partial charge in [-0.25, -0.2) is 4.99 Å². The summed E-state index contributed by atoms with van der Waals surface area (Å²) in [7, 11) is 0. The third-order valence-corrected chi connectivity index (χ3v) is 4.75. The van der Waals surface area contributed by atoms with E-state index >= 15 is 0 Å². The summed E-state index contributed by atoms with van der Waals surface area (Å²) in [6.45, 7) is 5.64. The molecule has 3 N–H and O–H groups in total. The van der Waals surface area contributed by atoms with E-state index in [0.29, 0.717) is 17.8 Å². The summed E-state index contributed by atoms with van der Waals surface area (Å²) < 4.78 is 0. The molecule has 5 nitrogen and oxygen atoms in total. The maximum absolute atomic E-state index is 13.0. The highest BCUT2D eigenvalue weighted by atomic mass is 16.3. The molecule has 1 heterocycles. The molecule has 1 aliphatic heterocycles. The Morgan fingerprint density at radius 3 is 2.36 bits per heavy atom. The Morgan fingerprint density at radius 2 is 1.71 bits per heavy atom. The molecule has 0 aliphatic carbocycles. The molecular formula is C23H27N3O2. The fourth-order valence-corrected chi connectivity index (χ4v) is 3.42. The van der Waals surface area contributed by atoms with Crippen LogP contribution in [0.4, 0.5) is 5.69 Å². The van der Waals surface area contributed by atoms with E-state index in [1.54, 1.807) is 12.1 Å². The summed E-state index contributed by atoms with van der Waals surface area (Å²) in [5.74, 6) is 0.710. The number of nitrogens with zero attached hydrogens (tertiary/aromatic N) is 2. The third kappa shape index (κ3) is 4.42. The van der Waals surface area contributed by atoms with Crippen LogP contribution in [0.3, 0.4) is 0 Å². The number of carbonyl (C=O) groups excluding carboxylic acids is 1. The second kappa shape index (κ2) is 8.74. The van der Waals surface area contributed by atoms with Crippen molar-refractivity contribution in [3.8, 4) is 16.9 Å². The van der Waals surface area contributed by atoms with Crippen molar-refractivity contribution in [1.82, 2.24) is 4.90 Å². The molecule has 1 aliphatic rings. The second-order valence-electron chi connectivity index (χ2n) is 7.06. The highest BCUT2D eigenvalue weighted by Crippen LogP contribution is 2.32. The van der Waals surface area contributed by atoms with Crippen molar-refractivity contribution >= 4 is 23.5 Å². The number of phenols is 1. The van der Waals surface area contributed by atoms with Crippen molar-refractivity contribution in [2.75, 3.05) is 13.1 Å². The van der Waals surface area contributed by atoms with Crippen LogP contribution < -0.4 is 5.73 Å². The number of hydrogen-bond donors (Lipinski definition) is 2. The van der Waals surface area contributed by atoms with Gasteiger partial charge in [0.1, 0.15) is 11.6 Å². The standard InChI is InChI=1S/C23H27N3O2/c1-3-11-26(12-4-2)23(28)19-13-18-6-5-17(14-21(18)25-22(24)15-19)16-7-9-20(27)10-8-16/h5-10,13-14,27H,3-4,11-12,15H2,1-2H3,(H2,24,25). The lowest BCUT2D eigenvalue weighted by molar-refractivity contribution is -0.127. The van der Waals surface area contributed by atoms with E-state index in [0.717, 1.165) is 48.3 Å². The van der Waals surface area contributed by atoms with Crippen LogP contribution in [-0.4, -0.2) is 34.8 Å². The average Bonchev–Trinajstić information content (AvgIpc) is 2.85. The summed E-state index contributed by atoms with van der Waals surface area (Å²) in [5.41, 5.74) is 10.4. The number of benzene rings is 2. The Bertz CT molecular complexity index is 908. The SMILES string of the molecule is CCCN(CCC)C(=O)C1=Cc2ccc(-c3ccc(O)cc3)cc2N=C(N)C1. The van der Waals surface area contributed by atoms with Gasteiger partial charge in [0.15, 0.2) is 0 Å². The number of rotatable bonds is 6. The quantitative estimate of drug-likeness (QED) is 0.779. The Hall–Kier alpha value is -3.08. The maximum atomic E-state index is 13.0. The van der Waals surface area contributed by atoms with E-state index in [2.05, 4.69) is 18.8 Å². The number of fused-ring (bicyclic) bond motifs is 1. The predicted octanol–water partition coefficient (Wildman–Crippen LogP) is 4.48. The van der Waals surface area contributed by atoms with Crippen molar-refractivity contribution in [1.29, 1.82) is 0 Å². The molecule has 0 fully saturated rings. The summed E-state index contributed by atoms with van der Waals surface area (Å²) >= 11 is 0.